The molecule has 3 aromatic rings. The second kappa shape index (κ2) is 5.46. The van der Waals surface area contributed by atoms with E-state index in [-0.39, 0.29) is 6.04 Å². The maximum atomic E-state index is 5.50. The number of rotatable bonds is 5. The molecule has 0 amide bonds. The summed E-state index contributed by atoms with van der Waals surface area (Å²) >= 11 is 0. The van der Waals surface area contributed by atoms with Crippen LogP contribution in [0.5, 0.6) is 0 Å². The molecule has 1 aromatic carbocycles. The molecule has 2 aromatic heterocycles. The molecule has 5 heteroatoms. The number of nitrogens with one attached hydrogen (secondary N) is 1. The Balaban J connectivity index is 1.90. The van der Waals surface area contributed by atoms with E-state index in [0.717, 1.165) is 29.5 Å². The van der Waals surface area contributed by atoms with Crippen molar-refractivity contribution in [3.05, 3.63) is 36.4 Å². The number of hydrogen-bond donors (Lipinski definition) is 1. The molecule has 1 N–H and O–H groups in total. The van der Waals surface area contributed by atoms with Crippen molar-refractivity contribution >= 4 is 11.0 Å². The third-order valence-electron chi connectivity index (χ3n) is 3.23. The van der Waals surface area contributed by atoms with Gasteiger partial charge in [-0.05, 0) is 26.0 Å². The number of para-hydroxylation sites is 1. The van der Waals surface area contributed by atoms with E-state index < -0.39 is 0 Å². The molecule has 1 unspecified atom stereocenters. The van der Waals surface area contributed by atoms with Crippen molar-refractivity contribution in [1.82, 2.24) is 15.5 Å². The summed E-state index contributed by atoms with van der Waals surface area (Å²) in [5, 5.41) is 8.37. The van der Waals surface area contributed by atoms with Crippen LogP contribution in [0.2, 0.25) is 0 Å². The molecule has 0 aliphatic rings. The molecule has 2 heterocycles. The monoisotopic (exact) mass is 271 g/mol. The molecule has 0 saturated carbocycles. The molecule has 0 saturated heterocycles. The van der Waals surface area contributed by atoms with E-state index in [1.807, 2.05) is 31.2 Å². The Morgan fingerprint density at radius 3 is 3.00 bits per heavy atom. The lowest BCUT2D eigenvalue weighted by atomic mass is 10.2. The fourth-order valence-corrected chi connectivity index (χ4v) is 2.12. The Bertz CT molecular complexity index is 702. The van der Waals surface area contributed by atoms with Crippen LogP contribution in [0.3, 0.4) is 0 Å². The summed E-state index contributed by atoms with van der Waals surface area (Å²) in [6.07, 6.45) is 2.74. The van der Waals surface area contributed by atoms with Gasteiger partial charge in [-0.25, -0.2) is 0 Å². The van der Waals surface area contributed by atoms with Crippen molar-refractivity contribution in [3.8, 4) is 11.4 Å². The van der Waals surface area contributed by atoms with Gasteiger partial charge in [-0.2, -0.15) is 4.98 Å². The van der Waals surface area contributed by atoms with E-state index in [1.165, 1.54) is 0 Å². The number of benzene rings is 1. The van der Waals surface area contributed by atoms with E-state index in [4.69, 9.17) is 8.94 Å². The maximum absolute atomic E-state index is 5.50. The van der Waals surface area contributed by atoms with Gasteiger partial charge >= 0.3 is 0 Å². The van der Waals surface area contributed by atoms with Crippen LogP contribution in [0.4, 0.5) is 0 Å². The van der Waals surface area contributed by atoms with E-state index in [9.17, 15) is 0 Å². The summed E-state index contributed by atoms with van der Waals surface area (Å²) in [5.74, 6) is 1.16. The standard InChI is InChI=1S/C15H17N3O2/c1-3-8-16-10(2)15-17-14(18-20-15)12-9-19-13-7-5-4-6-11(12)13/h4-7,9-10,16H,3,8H2,1-2H3. The topological polar surface area (TPSA) is 64.1 Å². The molecular weight excluding hydrogens is 254 g/mol. The second-order valence-electron chi connectivity index (χ2n) is 4.78. The zero-order valence-electron chi connectivity index (χ0n) is 11.6. The van der Waals surface area contributed by atoms with Crippen LogP contribution in [0.25, 0.3) is 22.4 Å². The summed E-state index contributed by atoms with van der Waals surface area (Å²) in [4.78, 5) is 4.46. The fraction of sp³-hybridized carbons (Fsp3) is 0.333. The van der Waals surface area contributed by atoms with Gasteiger partial charge in [-0.3, -0.25) is 0 Å². The Morgan fingerprint density at radius 1 is 1.30 bits per heavy atom. The number of furan rings is 1. The molecule has 0 aliphatic heterocycles. The van der Waals surface area contributed by atoms with Crippen molar-refractivity contribution < 1.29 is 8.94 Å². The Hall–Kier alpha value is -2.14. The molecule has 0 radical (unpaired) electrons. The maximum Gasteiger partial charge on any atom is 0.243 e. The van der Waals surface area contributed by atoms with Gasteiger partial charge in [-0.1, -0.05) is 30.3 Å². The number of hydrogen-bond acceptors (Lipinski definition) is 5. The third-order valence-corrected chi connectivity index (χ3v) is 3.23. The summed E-state index contributed by atoms with van der Waals surface area (Å²) in [6, 6.07) is 7.87. The van der Waals surface area contributed by atoms with Crippen molar-refractivity contribution in [2.75, 3.05) is 6.54 Å². The molecule has 1 atom stereocenters. The van der Waals surface area contributed by atoms with Gasteiger partial charge in [0.1, 0.15) is 11.8 Å². The summed E-state index contributed by atoms with van der Waals surface area (Å²) < 4.78 is 10.8. The van der Waals surface area contributed by atoms with Gasteiger partial charge in [0.05, 0.1) is 11.6 Å². The second-order valence-corrected chi connectivity index (χ2v) is 4.78. The first kappa shape index (κ1) is 12.9. The first-order valence-electron chi connectivity index (χ1n) is 6.83. The smallest absolute Gasteiger partial charge is 0.243 e. The minimum atomic E-state index is 0.0503. The highest BCUT2D eigenvalue weighted by Crippen LogP contribution is 2.28. The minimum absolute atomic E-state index is 0.0503. The molecule has 5 nitrogen and oxygen atoms in total. The van der Waals surface area contributed by atoms with Crippen LogP contribution in [0, 0.1) is 0 Å². The van der Waals surface area contributed by atoms with Crippen LogP contribution < -0.4 is 5.32 Å². The van der Waals surface area contributed by atoms with Gasteiger partial charge in [0.2, 0.25) is 11.7 Å². The first-order chi connectivity index (χ1) is 9.79. The van der Waals surface area contributed by atoms with E-state index in [0.29, 0.717) is 11.7 Å². The molecular formula is C15H17N3O2. The molecule has 0 spiro atoms. The zero-order valence-corrected chi connectivity index (χ0v) is 11.6. The Kier molecular flexibility index (Phi) is 3.52. The van der Waals surface area contributed by atoms with Gasteiger partial charge < -0.3 is 14.3 Å². The number of aromatic nitrogens is 2. The van der Waals surface area contributed by atoms with Crippen LogP contribution in [0.1, 0.15) is 32.2 Å². The fourth-order valence-electron chi connectivity index (χ4n) is 2.12. The van der Waals surface area contributed by atoms with Crippen molar-refractivity contribution in [3.63, 3.8) is 0 Å². The van der Waals surface area contributed by atoms with E-state index in [1.54, 1.807) is 6.26 Å². The Morgan fingerprint density at radius 2 is 2.15 bits per heavy atom. The predicted molar refractivity (Wildman–Crippen MR) is 76.2 cm³/mol. The number of fused-ring (bicyclic) bond motifs is 1. The SMILES string of the molecule is CCCNC(C)c1nc(-c2coc3ccccc23)no1. The van der Waals surface area contributed by atoms with Gasteiger partial charge in [0.15, 0.2) is 0 Å². The summed E-state index contributed by atoms with van der Waals surface area (Å²) in [7, 11) is 0. The molecule has 0 fully saturated rings. The van der Waals surface area contributed by atoms with E-state index in [2.05, 4.69) is 22.4 Å². The molecule has 0 bridgehead atoms. The molecule has 20 heavy (non-hydrogen) atoms. The number of nitrogens with zero attached hydrogens (tertiary/aromatic N) is 2. The minimum Gasteiger partial charge on any atom is -0.464 e. The van der Waals surface area contributed by atoms with Crippen molar-refractivity contribution in [2.45, 2.75) is 26.3 Å². The highest BCUT2D eigenvalue weighted by Gasteiger charge is 2.17. The van der Waals surface area contributed by atoms with Crippen LogP contribution in [-0.2, 0) is 0 Å². The van der Waals surface area contributed by atoms with E-state index >= 15 is 0 Å². The van der Waals surface area contributed by atoms with Gasteiger partial charge in [0, 0.05) is 5.39 Å². The van der Waals surface area contributed by atoms with Crippen LogP contribution in [-0.4, -0.2) is 16.7 Å². The van der Waals surface area contributed by atoms with Gasteiger partial charge in [0.25, 0.3) is 0 Å². The summed E-state index contributed by atoms with van der Waals surface area (Å²) in [5.41, 5.74) is 1.68. The lowest BCUT2D eigenvalue weighted by Gasteiger charge is -2.06. The molecule has 3 rings (SSSR count). The lowest BCUT2D eigenvalue weighted by molar-refractivity contribution is 0.340. The average molecular weight is 271 g/mol. The van der Waals surface area contributed by atoms with Crippen molar-refractivity contribution in [1.29, 1.82) is 0 Å². The molecule has 0 aliphatic carbocycles. The van der Waals surface area contributed by atoms with Crippen LogP contribution >= 0.6 is 0 Å². The highest BCUT2D eigenvalue weighted by molar-refractivity contribution is 5.91. The lowest BCUT2D eigenvalue weighted by Crippen LogP contribution is -2.19. The average Bonchev–Trinajstić information content (AvgIpc) is 3.10. The predicted octanol–water partition coefficient (Wildman–Crippen LogP) is 3.54. The quantitative estimate of drug-likeness (QED) is 0.768. The highest BCUT2D eigenvalue weighted by atomic mass is 16.5. The van der Waals surface area contributed by atoms with Gasteiger partial charge in [-0.15, -0.1) is 0 Å². The third kappa shape index (κ3) is 2.32. The summed E-state index contributed by atoms with van der Waals surface area (Å²) in [6.45, 7) is 5.06. The molecule has 104 valence electrons. The normalized spacial score (nSPS) is 12.9. The largest absolute Gasteiger partial charge is 0.464 e. The Labute approximate surface area is 117 Å². The van der Waals surface area contributed by atoms with Crippen LogP contribution in [0.15, 0.2) is 39.5 Å². The van der Waals surface area contributed by atoms with Crippen molar-refractivity contribution in [2.24, 2.45) is 0 Å². The zero-order chi connectivity index (χ0) is 13.9. The first-order valence-corrected chi connectivity index (χ1v) is 6.83.